The highest BCUT2D eigenvalue weighted by molar-refractivity contribution is 5.25. The summed E-state index contributed by atoms with van der Waals surface area (Å²) in [4.78, 5) is 2.47. The zero-order valence-electron chi connectivity index (χ0n) is 11.2. The van der Waals surface area contributed by atoms with Crippen molar-refractivity contribution in [2.75, 3.05) is 7.05 Å². The van der Waals surface area contributed by atoms with Gasteiger partial charge >= 0.3 is 0 Å². The van der Waals surface area contributed by atoms with Crippen molar-refractivity contribution in [2.24, 2.45) is 5.73 Å². The average molecular weight is 232 g/mol. The van der Waals surface area contributed by atoms with Crippen LogP contribution in [0.4, 0.5) is 0 Å². The van der Waals surface area contributed by atoms with E-state index in [9.17, 15) is 0 Å². The molecule has 2 N–H and O–H groups in total. The van der Waals surface area contributed by atoms with Gasteiger partial charge in [0.1, 0.15) is 0 Å². The zero-order chi connectivity index (χ0) is 12.4. The van der Waals surface area contributed by atoms with E-state index in [4.69, 9.17) is 5.73 Å². The molecule has 0 amide bonds. The SMILES string of the molecule is Cc1ccc(C(C(C)N)N(C)C2CCC2)cc1. The van der Waals surface area contributed by atoms with Crippen LogP contribution in [-0.4, -0.2) is 24.0 Å². The van der Waals surface area contributed by atoms with Gasteiger partial charge in [-0.25, -0.2) is 0 Å². The van der Waals surface area contributed by atoms with E-state index in [1.807, 2.05) is 0 Å². The van der Waals surface area contributed by atoms with Crippen molar-refractivity contribution in [1.82, 2.24) is 4.90 Å². The molecule has 1 aromatic rings. The Kier molecular flexibility index (Phi) is 3.85. The van der Waals surface area contributed by atoms with Gasteiger partial charge in [-0.1, -0.05) is 36.2 Å². The standard InChI is InChI=1S/C15H24N2/c1-11-7-9-13(10-8-11)15(12(2)16)17(3)14-5-4-6-14/h7-10,12,14-15H,4-6,16H2,1-3H3. The van der Waals surface area contributed by atoms with Crippen molar-refractivity contribution < 1.29 is 0 Å². The first kappa shape index (κ1) is 12.6. The molecule has 1 saturated carbocycles. The molecule has 0 radical (unpaired) electrons. The fourth-order valence-electron chi connectivity index (χ4n) is 2.69. The lowest BCUT2D eigenvalue weighted by Gasteiger charge is -2.41. The van der Waals surface area contributed by atoms with Crippen molar-refractivity contribution >= 4 is 0 Å². The van der Waals surface area contributed by atoms with Crippen LogP contribution in [0, 0.1) is 6.92 Å². The molecule has 17 heavy (non-hydrogen) atoms. The molecule has 0 bridgehead atoms. The summed E-state index contributed by atoms with van der Waals surface area (Å²) < 4.78 is 0. The van der Waals surface area contributed by atoms with Gasteiger partial charge in [-0.15, -0.1) is 0 Å². The summed E-state index contributed by atoms with van der Waals surface area (Å²) in [5, 5.41) is 0. The lowest BCUT2D eigenvalue weighted by Crippen LogP contribution is -2.45. The van der Waals surface area contributed by atoms with Crippen LogP contribution in [0.15, 0.2) is 24.3 Å². The third-order valence-electron chi connectivity index (χ3n) is 4.01. The molecule has 0 heterocycles. The first-order valence-corrected chi connectivity index (χ1v) is 6.63. The largest absolute Gasteiger partial charge is 0.326 e. The number of aryl methyl sites for hydroxylation is 1. The topological polar surface area (TPSA) is 29.3 Å². The Morgan fingerprint density at radius 2 is 1.82 bits per heavy atom. The Labute approximate surface area is 105 Å². The van der Waals surface area contributed by atoms with Gasteiger partial charge in [0, 0.05) is 18.1 Å². The Bertz CT molecular complexity index is 352. The molecular formula is C15H24N2. The summed E-state index contributed by atoms with van der Waals surface area (Å²) in [5.41, 5.74) is 8.84. The quantitative estimate of drug-likeness (QED) is 0.865. The van der Waals surface area contributed by atoms with E-state index >= 15 is 0 Å². The minimum absolute atomic E-state index is 0.170. The second-order valence-electron chi connectivity index (χ2n) is 5.46. The number of benzene rings is 1. The summed E-state index contributed by atoms with van der Waals surface area (Å²) in [6.45, 7) is 4.24. The maximum absolute atomic E-state index is 6.18. The van der Waals surface area contributed by atoms with E-state index in [1.54, 1.807) is 0 Å². The Morgan fingerprint density at radius 1 is 1.24 bits per heavy atom. The lowest BCUT2D eigenvalue weighted by atomic mass is 9.88. The third kappa shape index (κ3) is 2.70. The van der Waals surface area contributed by atoms with E-state index in [-0.39, 0.29) is 6.04 Å². The summed E-state index contributed by atoms with van der Waals surface area (Å²) in [6, 6.07) is 10.0. The molecule has 2 rings (SSSR count). The Hall–Kier alpha value is -0.860. The molecular weight excluding hydrogens is 208 g/mol. The summed E-state index contributed by atoms with van der Waals surface area (Å²) >= 11 is 0. The second kappa shape index (κ2) is 5.19. The first-order valence-electron chi connectivity index (χ1n) is 6.63. The maximum atomic E-state index is 6.18. The smallest absolute Gasteiger partial charge is 0.0496 e. The number of nitrogens with two attached hydrogens (primary N) is 1. The van der Waals surface area contributed by atoms with Crippen LogP contribution in [0.3, 0.4) is 0 Å². The molecule has 1 fully saturated rings. The number of hydrogen-bond acceptors (Lipinski definition) is 2. The number of nitrogens with zero attached hydrogens (tertiary/aromatic N) is 1. The summed E-state index contributed by atoms with van der Waals surface area (Å²) in [7, 11) is 2.22. The molecule has 1 aliphatic carbocycles. The fraction of sp³-hybridized carbons (Fsp3) is 0.600. The van der Waals surface area contributed by atoms with Crippen LogP contribution in [0.5, 0.6) is 0 Å². The van der Waals surface area contributed by atoms with E-state index in [1.165, 1.54) is 30.4 Å². The molecule has 0 aromatic heterocycles. The van der Waals surface area contributed by atoms with Gasteiger partial charge in [-0.2, -0.15) is 0 Å². The molecule has 1 aromatic carbocycles. The van der Waals surface area contributed by atoms with Gasteiger partial charge < -0.3 is 5.73 Å². The van der Waals surface area contributed by atoms with Crippen LogP contribution in [0.25, 0.3) is 0 Å². The van der Waals surface area contributed by atoms with Gasteiger partial charge in [0.25, 0.3) is 0 Å². The van der Waals surface area contributed by atoms with Crippen molar-refractivity contribution in [3.63, 3.8) is 0 Å². The predicted molar refractivity (Wildman–Crippen MR) is 73.0 cm³/mol. The van der Waals surface area contributed by atoms with E-state index in [0.29, 0.717) is 6.04 Å². The zero-order valence-corrected chi connectivity index (χ0v) is 11.2. The molecule has 0 aliphatic heterocycles. The van der Waals surface area contributed by atoms with Gasteiger partial charge in [0.05, 0.1) is 0 Å². The highest BCUT2D eigenvalue weighted by Gasteiger charge is 2.30. The molecule has 2 atom stereocenters. The van der Waals surface area contributed by atoms with Crippen molar-refractivity contribution in [2.45, 2.75) is 51.2 Å². The molecule has 1 aliphatic rings. The maximum Gasteiger partial charge on any atom is 0.0496 e. The fourth-order valence-corrected chi connectivity index (χ4v) is 2.69. The van der Waals surface area contributed by atoms with E-state index < -0.39 is 0 Å². The number of likely N-dealkylation sites (N-methyl/N-ethyl adjacent to an activating group) is 1. The van der Waals surface area contributed by atoms with Crippen LogP contribution < -0.4 is 5.73 Å². The van der Waals surface area contributed by atoms with Gasteiger partial charge in [-0.05, 0) is 39.3 Å². The van der Waals surface area contributed by atoms with Gasteiger partial charge in [0.2, 0.25) is 0 Å². The molecule has 0 saturated heterocycles. The van der Waals surface area contributed by atoms with Crippen LogP contribution in [-0.2, 0) is 0 Å². The van der Waals surface area contributed by atoms with Crippen LogP contribution >= 0.6 is 0 Å². The monoisotopic (exact) mass is 232 g/mol. The Balaban J connectivity index is 2.18. The molecule has 94 valence electrons. The van der Waals surface area contributed by atoms with Crippen LogP contribution in [0.1, 0.15) is 43.4 Å². The molecule has 0 spiro atoms. The van der Waals surface area contributed by atoms with Crippen molar-refractivity contribution in [3.8, 4) is 0 Å². The predicted octanol–water partition coefficient (Wildman–Crippen LogP) is 2.87. The highest BCUT2D eigenvalue weighted by Crippen LogP contribution is 2.32. The average Bonchev–Trinajstić information content (AvgIpc) is 2.18. The van der Waals surface area contributed by atoms with E-state index in [2.05, 4.69) is 50.1 Å². The number of hydrogen-bond donors (Lipinski definition) is 1. The van der Waals surface area contributed by atoms with Crippen LogP contribution in [0.2, 0.25) is 0 Å². The van der Waals surface area contributed by atoms with Gasteiger partial charge in [-0.3, -0.25) is 4.90 Å². The molecule has 2 unspecified atom stereocenters. The van der Waals surface area contributed by atoms with E-state index in [0.717, 1.165) is 6.04 Å². The second-order valence-corrected chi connectivity index (χ2v) is 5.46. The van der Waals surface area contributed by atoms with Crippen molar-refractivity contribution in [1.29, 1.82) is 0 Å². The third-order valence-corrected chi connectivity index (χ3v) is 4.01. The molecule has 2 heteroatoms. The Morgan fingerprint density at radius 3 is 2.24 bits per heavy atom. The summed E-state index contributed by atoms with van der Waals surface area (Å²) in [5.74, 6) is 0. The minimum Gasteiger partial charge on any atom is -0.326 e. The van der Waals surface area contributed by atoms with Gasteiger partial charge in [0.15, 0.2) is 0 Å². The summed E-state index contributed by atoms with van der Waals surface area (Å²) in [6.07, 6.45) is 4.02. The minimum atomic E-state index is 0.170. The molecule has 2 nitrogen and oxygen atoms in total. The normalized spacial score (nSPS) is 20.1. The first-order chi connectivity index (χ1) is 8.09. The number of rotatable bonds is 4. The van der Waals surface area contributed by atoms with Crippen molar-refractivity contribution in [3.05, 3.63) is 35.4 Å². The lowest BCUT2D eigenvalue weighted by molar-refractivity contribution is 0.0979. The highest BCUT2D eigenvalue weighted by atomic mass is 15.2.